The number of halogens is 2. The molecule has 106 valence electrons. The second-order valence-corrected chi connectivity index (χ2v) is 5.09. The Bertz CT molecular complexity index is 601. The van der Waals surface area contributed by atoms with E-state index in [0.717, 1.165) is 23.3 Å². The molecule has 2 aromatic carbocycles. The molecule has 2 rings (SSSR count). The van der Waals surface area contributed by atoms with E-state index in [9.17, 15) is 4.39 Å². The first-order valence-electron chi connectivity index (χ1n) is 6.46. The summed E-state index contributed by atoms with van der Waals surface area (Å²) in [7, 11) is 0. The molecule has 4 heteroatoms. The van der Waals surface area contributed by atoms with Crippen molar-refractivity contribution in [1.82, 2.24) is 0 Å². The monoisotopic (exact) mass is 293 g/mol. The lowest BCUT2D eigenvalue weighted by molar-refractivity contribution is 0.302. The summed E-state index contributed by atoms with van der Waals surface area (Å²) in [5.41, 5.74) is 8.58. The summed E-state index contributed by atoms with van der Waals surface area (Å²) >= 11 is 5.65. The maximum atomic E-state index is 13.4. The van der Waals surface area contributed by atoms with Crippen molar-refractivity contribution in [3.05, 3.63) is 63.9 Å². The van der Waals surface area contributed by atoms with E-state index >= 15 is 0 Å². The first-order valence-corrected chi connectivity index (χ1v) is 6.84. The SMILES string of the molecule is Cc1ccc(OCc2ccc(Cl)c(F)c2)c(CCN)c1. The first-order chi connectivity index (χ1) is 9.60. The number of aryl methyl sites for hydroxylation is 1. The van der Waals surface area contributed by atoms with Gasteiger partial charge in [0.1, 0.15) is 18.2 Å². The summed E-state index contributed by atoms with van der Waals surface area (Å²) < 4.78 is 19.1. The summed E-state index contributed by atoms with van der Waals surface area (Å²) in [6, 6.07) is 10.6. The zero-order valence-corrected chi connectivity index (χ0v) is 12.1. The van der Waals surface area contributed by atoms with Gasteiger partial charge in [0.2, 0.25) is 0 Å². The van der Waals surface area contributed by atoms with E-state index in [4.69, 9.17) is 22.1 Å². The Balaban J connectivity index is 2.11. The fraction of sp³-hybridized carbons (Fsp3) is 0.250. The third-order valence-corrected chi connectivity index (χ3v) is 3.31. The van der Waals surface area contributed by atoms with Crippen LogP contribution in [0.4, 0.5) is 4.39 Å². The Morgan fingerprint density at radius 3 is 2.70 bits per heavy atom. The topological polar surface area (TPSA) is 35.2 Å². The molecule has 0 bridgehead atoms. The van der Waals surface area contributed by atoms with Gasteiger partial charge < -0.3 is 10.5 Å². The lowest BCUT2D eigenvalue weighted by Crippen LogP contribution is -2.06. The van der Waals surface area contributed by atoms with Crippen molar-refractivity contribution in [2.75, 3.05) is 6.54 Å². The molecule has 20 heavy (non-hydrogen) atoms. The van der Waals surface area contributed by atoms with E-state index in [1.165, 1.54) is 17.7 Å². The molecular weight excluding hydrogens is 277 g/mol. The normalized spacial score (nSPS) is 10.6. The van der Waals surface area contributed by atoms with Crippen LogP contribution < -0.4 is 10.5 Å². The summed E-state index contributed by atoms with van der Waals surface area (Å²) in [5.74, 6) is 0.357. The molecule has 0 fully saturated rings. The number of rotatable bonds is 5. The van der Waals surface area contributed by atoms with Gasteiger partial charge in [-0.3, -0.25) is 0 Å². The van der Waals surface area contributed by atoms with Crippen molar-refractivity contribution >= 4 is 11.6 Å². The largest absolute Gasteiger partial charge is 0.489 e. The Hall–Kier alpha value is -1.58. The highest BCUT2D eigenvalue weighted by Gasteiger charge is 2.06. The summed E-state index contributed by atoms with van der Waals surface area (Å²) in [6.07, 6.45) is 0.756. The van der Waals surface area contributed by atoms with E-state index in [2.05, 4.69) is 6.07 Å². The minimum absolute atomic E-state index is 0.118. The van der Waals surface area contributed by atoms with Crippen LogP contribution in [0, 0.1) is 12.7 Å². The van der Waals surface area contributed by atoms with Crippen LogP contribution in [-0.2, 0) is 13.0 Å². The highest BCUT2D eigenvalue weighted by molar-refractivity contribution is 6.30. The molecule has 2 aromatic rings. The molecule has 2 nitrogen and oxygen atoms in total. The zero-order valence-electron chi connectivity index (χ0n) is 11.3. The molecule has 0 spiro atoms. The van der Waals surface area contributed by atoms with Crippen LogP contribution in [-0.4, -0.2) is 6.54 Å². The lowest BCUT2D eigenvalue weighted by atomic mass is 10.1. The third kappa shape index (κ3) is 3.71. The number of ether oxygens (including phenoxy) is 1. The average molecular weight is 294 g/mol. The molecule has 0 aliphatic carbocycles. The van der Waals surface area contributed by atoms with Crippen LogP contribution in [0.5, 0.6) is 5.75 Å². The summed E-state index contributed by atoms with van der Waals surface area (Å²) in [4.78, 5) is 0. The van der Waals surface area contributed by atoms with E-state index in [1.807, 2.05) is 19.1 Å². The second-order valence-electron chi connectivity index (χ2n) is 4.69. The third-order valence-electron chi connectivity index (χ3n) is 3.01. The van der Waals surface area contributed by atoms with E-state index in [1.54, 1.807) is 6.07 Å². The predicted octanol–water partition coefficient (Wildman–Crippen LogP) is 3.87. The van der Waals surface area contributed by atoms with Crippen LogP contribution in [0.25, 0.3) is 0 Å². The van der Waals surface area contributed by atoms with Crippen LogP contribution in [0.2, 0.25) is 5.02 Å². The minimum Gasteiger partial charge on any atom is -0.489 e. The van der Waals surface area contributed by atoms with Gasteiger partial charge in [-0.1, -0.05) is 35.4 Å². The zero-order chi connectivity index (χ0) is 14.5. The van der Waals surface area contributed by atoms with Crippen molar-refractivity contribution < 1.29 is 9.13 Å². The van der Waals surface area contributed by atoms with E-state index in [0.29, 0.717) is 13.2 Å². The standard InChI is InChI=1S/C16H17ClFNO/c1-11-2-5-16(13(8-11)6-7-19)20-10-12-3-4-14(17)15(18)9-12/h2-5,8-9H,6-7,10,19H2,1H3. The van der Waals surface area contributed by atoms with Crippen LogP contribution in [0.1, 0.15) is 16.7 Å². The molecule has 0 heterocycles. The molecule has 0 aliphatic heterocycles. The van der Waals surface area contributed by atoms with Gasteiger partial charge in [-0.2, -0.15) is 0 Å². The fourth-order valence-electron chi connectivity index (χ4n) is 1.99. The van der Waals surface area contributed by atoms with Gasteiger partial charge in [0.25, 0.3) is 0 Å². The molecular formula is C16H17ClFNO. The highest BCUT2D eigenvalue weighted by Crippen LogP contribution is 2.22. The fourth-order valence-corrected chi connectivity index (χ4v) is 2.11. The molecule has 0 atom stereocenters. The molecule has 0 unspecified atom stereocenters. The molecule has 0 radical (unpaired) electrons. The number of benzene rings is 2. The molecule has 0 saturated heterocycles. The van der Waals surface area contributed by atoms with Crippen LogP contribution in [0.15, 0.2) is 36.4 Å². The Morgan fingerprint density at radius 2 is 2.00 bits per heavy atom. The average Bonchev–Trinajstić information content (AvgIpc) is 2.42. The summed E-state index contributed by atoms with van der Waals surface area (Å²) in [5, 5.41) is 0.118. The van der Waals surface area contributed by atoms with Crippen molar-refractivity contribution in [1.29, 1.82) is 0 Å². The highest BCUT2D eigenvalue weighted by atomic mass is 35.5. The van der Waals surface area contributed by atoms with Crippen molar-refractivity contribution in [3.8, 4) is 5.75 Å². The lowest BCUT2D eigenvalue weighted by Gasteiger charge is -2.12. The molecule has 0 aromatic heterocycles. The molecule has 0 amide bonds. The van der Waals surface area contributed by atoms with Gasteiger partial charge >= 0.3 is 0 Å². The maximum absolute atomic E-state index is 13.4. The summed E-state index contributed by atoms with van der Waals surface area (Å²) in [6.45, 7) is 2.89. The number of hydrogen-bond acceptors (Lipinski definition) is 2. The minimum atomic E-state index is -0.432. The number of hydrogen-bond donors (Lipinski definition) is 1. The predicted molar refractivity (Wildman–Crippen MR) is 79.7 cm³/mol. The van der Waals surface area contributed by atoms with Gasteiger partial charge in [0.05, 0.1) is 5.02 Å². The maximum Gasteiger partial charge on any atom is 0.142 e. The molecule has 0 saturated carbocycles. The van der Waals surface area contributed by atoms with Crippen LogP contribution in [0.3, 0.4) is 0 Å². The number of nitrogens with two attached hydrogens (primary N) is 1. The van der Waals surface area contributed by atoms with Crippen molar-refractivity contribution in [2.45, 2.75) is 20.0 Å². The smallest absolute Gasteiger partial charge is 0.142 e. The van der Waals surface area contributed by atoms with Crippen molar-refractivity contribution in [2.24, 2.45) is 5.73 Å². The Kier molecular flexibility index (Phi) is 4.99. The van der Waals surface area contributed by atoms with Crippen molar-refractivity contribution in [3.63, 3.8) is 0 Å². The Morgan fingerprint density at radius 1 is 1.20 bits per heavy atom. The quantitative estimate of drug-likeness (QED) is 0.908. The molecule has 0 aliphatic rings. The first kappa shape index (κ1) is 14.8. The van der Waals surface area contributed by atoms with Gasteiger partial charge in [-0.25, -0.2) is 4.39 Å². The second kappa shape index (κ2) is 6.73. The van der Waals surface area contributed by atoms with E-state index < -0.39 is 5.82 Å². The van der Waals surface area contributed by atoms with Crippen LogP contribution >= 0.6 is 11.6 Å². The van der Waals surface area contributed by atoms with E-state index in [-0.39, 0.29) is 5.02 Å². The van der Waals surface area contributed by atoms with Gasteiger partial charge in [-0.15, -0.1) is 0 Å². The molecule has 2 N–H and O–H groups in total. The Labute approximate surface area is 123 Å². The van der Waals surface area contributed by atoms with Gasteiger partial charge in [0, 0.05) is 0 Å². The van der Waals surface area contributed by atoms with Gasteiger partial charge in [0.15, 0.2) is 0 Å². The van der Waals surface area contributed by atoms with Gasteiger partial charge in [-0.05, 0) is 49.2 Å².